The molecule has 0 bridgehead atoms. The number of benzene rings is 2. The first-order valence-corrected chi connectivity index (χ1v) is 12.9. The highest BCUT2D eigenvalue weighted by Crippen LogP contribution is 2.30. The van der Waals surface area contributed by atoms with Crippen molar-refractivity contribution >= 4 is 40.6 Å². The zero-order chi connectivity index (χ0) is 27.8. The van der Waals surface area contributed by atoms with Crippen LogP contribution in [-0.2, 0) is 9.53 Å². The third kappa shape index (κ3) is 7.01. The fourth-order valence-corrected chi connectivity index (χ4v) is 4.16. The predicted molar refractivity (Wildman–Crippen MR) is 154 cm³/mol. The molecule has 0 unspecified atom stereocenters. The smallest absolute Gasteiger partial charge is 0.269 e. The number of hydrogen-bond donors (Lipinski definition) is 5. The van der Waals surface area contributed by atoms with Crippen molar-refractivity contribution in [3.05, 3.63) is 89.2 Å². The second kappa shape index (κ2) is 12.6. The van der Waals surface area contributed by atoms with E-state index in [1.54, 1.807) is 37.4 Å². The van der Waals surface area contributed by atoms with Gasteiger partial charge in [0.2, 0.25) is 0 Å². The van der Waals surface area contributed by atoms with Gasteiger partial charge in [-0.25, -0.2) is 4.98 Å². The monoisotopic (exact) mass is 546 g/mol. The van der Waals surface area contributed by atoms with Crippen molar-refractivity contribution < 1.29 is 14.3 Å². The molecule has 3 aromatic rings. The molecule has 1 aliphatic rings. The molecule has 2 aromatic carbocycles. The first-order valence-electron chi connectivity index (χ1n) is 12.6. The van der Waals surface area contributed by atoms with E-state index in [9.17, 15) is 9.59 Å². The summed E-state index contributed by atoms with van der Waals surface area (Å²) in [6.45, 7) is 3.62. The van der Waals surface area contributed by atoms with Crippen LogP contribution in [0.5, 0.6) is 0 Å². The zero-order valence-corrected chi connectivity index (χ0v) is 22.6. The van der Waals surface area contributed by atoms with Gasteiger partial charge in [0.05, 0.1) is 29.5 Å². The minimum Gasteiger partial charge on any atom is -0.380 e. The Hall–Kier alpha value is -4.21. The van der Waals surface area contributed by atoms with Gasteiger partial charge in [-0.05, 0) is 42.8 Å². The van der Waals surface area contributed by atoms with Crippen molar-refractivity contribution in [3.63, 3.8) is 0 Å². The zero-order valence-electron chi connectivity index (χ0n) is 21.8. The van der Waals surface area contributed by atoms with Crippen LogP contribution in [0, 0.1) is 10.8 Å². The van der Waals surface area contributed by atoms with Gasteiger partial charge >= 0.3 is 0 Å². The molecular weight excluding hydrogens is 516 g/mol. The van der Waals surface area contributed by atoms with E-state index in [0.29, 0.717) is 42.5 Å². The lowest BCUT2D eigenvalue weighted by Gasteiger charge is -2.40. The Balaban J connectivity index is 1.55. The maximum Gasteiger partial charge on any atom is 0.269 e. The number of rotatable bonds is 11. The van der Waals surface area contributed by atoms with Gasteiger partial charge < -0.3 is 26.0 Å². The Morgan fingerprint density at radius 2 is 1.87 bits per heavy atom. The van der Waals surface area contributed by atoms with Crippen LogP contribution in [0.3, 0.4) is 0 Å². The standard InChI is InChI=1S/C29H31ClN6O3/c1-3-29(17-39-18-29)16-33-28(38)23(31)15-26(34-20-8-5-4-6-9-20)36-27(37)21-14-19(12-13-22(21)30)24-10-7-11-25(32-2)35-24/h4-15,31,34H,3,16-18H2,1-2H3,(H,32,35)(H,33,38)(H,36,37)/b26-15+,31-23?. The van der Waals surface area contributed by atoms with Crippen LogP contribution in [0.4, 0.5) is 11.5 Å². The van der Waals surface area contributed by atoms with E-state index in [1.165, 1.54) is 6.08 Å². The predicted octanol–water partition coefficient (Wildman–Crippen LogP) is 4.69. The summed E-state index contributed by atoms with van der Waals surface area (Å²) in [5.74, 6) is -0.213. The molecule has 2 amide bonds. The minimum absolute atomic E-state index is 0.0949. The number of nitrogens with zero attached hydrogens (tertiary/aromatic N) is 1. The van der Waals surface area contributed by atoms with Crippen molar-refractivity contribution in [2.45, 2.75) is 13.3 Å². The summed E-state index contributed by atoms with van der Waals surface area (Å²) in [6, 6.07) is 19.8. The highest BCUT2D eigenvalue weighted by molar-refractivity contribution is 6.42. The summed E-state index contributed by atoms with van der Waals surface area (Å²) in [5.41, 5.74) is 1.86. The topological polar surface area (TPSA) is 128 Å². The fraction of sp³-hybridized carbons (Fsp3) is 0.241. The van der Waals surface area contributed by atoms with E-state index >= 15 is 0 Å². The van der Waals surface area contributed by atoms with E-state index < -0.39 is 11.8 Å². The second-order valence-electron chi connectivity index (χ2n) is 9.30. The van der Waals surface area contributed by atoms with Crippen LogP contribution < -0.4 is 21.3 Å². The number of carbonyl (C=O) groups is 2. The first-order chi connectivity index (χ1) is 18.8. The normalized spacial score (nSPS) is 14.1. The number of nitrogens with one attached hydrogen (secondary N) is 5. The van der Waals surface area contributed by atoms with Crippen LogP contribution in [-0.4, -0.2) is 49.3 Å². The summed E-state index contributed by atoms with van der Waals surface area (Å²) < 4.78 is 5.30. The summed E-state index contributed by atoms with van der Waals surface area (Å²) >= 11 is 6.40. The van der Waals surface area contributed by atoms with Gasteiger partial charge in [0, 0.05) is 36.3 Å². The van der Waals surface area contributed by atoms with E-state index in [1.807, 2.05) is 43.3 Å². The quantitative estimate of drug-likeness (QED) is 0.222. The Morgan fingerprint density at radius 3 is 2.54 bits per heavy atom. The number of carbonyl (C=O) groups excluding carboxylic acids is 2. The largest absolute Gasteiger partial charge is 0.380 e. The first kappa shape index (κ1) is 27.8. The number of para-hydroxylation sites is 1. The fourth-order valence-electron chi connectivity index (χ4n) is 3.96. The molecule has 0 spiro atoms. The van der Waals surface area contributed by atoms with Gasteiger partial charge in [-0.2, -0.15) is 0 Å². The van der Waals surface area contributed by atoms with Gasteiger partial charge in [-0.15, -0.1) is 0 Å². The summed E-state index contributed by atoms with van der Waals surface area (Å²) in [7, 11) is 1.78. The molecule has 1 aliphatic heterocycles. The number of pyridine rings is 1. The average molecular weight is 547 g/mol. The number of anilines is 2. The lowest BCUT2D eigenvalue weighted by molar-refractivity contribution is -0.125. The van der Waals surface area contributed by atoms with Crippen LogP contribution in [0.15, 0.2) is 78.6 Å². The van der Waals surface area contributed by atoms with Gasteiger partial charge in [0.1, 0.15) is 17.4 Å². The SMILES string of the molecule is CCC1(CNC(=O)C(=N)/C=C(/NC(=O)c2cc(-c3cccc(NC)n3)ccc2Cl)Nc2ccccc2)COC1. The van der Waals surface area contributed by atoms with Gasteiger partial charge in [0.15, 0.2) is 0 Å². The molecule has 39 heavy (non-hydrogen) atoms. The second-order valence-corrected chi connectivity index (χ2v) is 9.71. The molecule has 9 nitrogen and oxygen atoms in total. The lowest BCUT2D eigenvalue weighted by atomic mass is 9.83. The van der Waals surface area contributed by atoms with Crippen molar-refractivity contribution in [1.82, 2.24) is 15.6 Å². The van der Waals surface area contributed by atoms with Crippen LogP contribution in [0.1, 0.15) is 23.7 Å². The average Bonchev–Trinajstić information content (AvgIpc) is 2.93. The number of ether oxygens (including phenoxy) is 1. The number of amides is 2. The summed E-state index contributed by atoms with van der Waals surface area (Å²) in [5, 5.41) is 20.3. The van der Waals surface area contributed by atoms with E-state index in [2.05, 4.69) is 26.3 Å². The highest BCUT2D eigenvalue weighted by Gasteiger charge is 2.37. The maximum atomic E-state index is 13.4. The van der Waals surface area contributed by atoms with Crippen LogP contribution in [0.25, 0.3) is 11.3 Å². The van der Waals surface area contributed by atoms with Gasteiger partial charge in [-0.3, -0.25) is 15.0 Å². The molecule has 5 N–H and O–H groups in total. The number of aromatic nitrogens is 1. The van der Waals surface area contributed by atoms with Crippen LogP contribution >= 0.6 is 11.6 Å². The Morgan fingerprint density at radius 1 is 1.10 bits per heavy atom. The summed E-state index contributed by atoms with van der Waals surface area (Å²) in [4.78, 5) is 30.6. The molecule has 0 radical (unpaired) electrons. The van der Waals surface area contributed by atoms with E-state index in [4.69, 9.17) is 21.7 Å². The third-order valence-electron chi connectivity index (χ3n) is 6.54. The van der Waals surface area contributed by atoms with Gasteiger partial charge in [0.25, 0.3) is 11.8 Å². The molecule has 1 saturated heterocycles. The van der Waals surface area contributed by atoms with Crippen molar-refractivity contribution in [1.29, 1.82) is 5.41 Å². The lowest BCUT2D eigenvalue weighted by Crippen LogP contribution is -2.51. The molecule has 0 atom stereocenters. The molecule has 0 aliphatic carbocycles. The molecule has 4 rings (SSSR count). The Labute approximate surface area is 232 Å². The van der Waals surface area contributed by atoms with Crippen molar-refractivity contribution in [3.8, 4) is 11.3 Å². The molecule has 10 heteroatoms. The van der Waals surface area contributed by atoms with Gasteiger partial charge in [-0.1, -0.05) is 48.9 Å². The van der Waals surface area contributed by atoms with Crippen molar-refractivity contribution in [2.75, 3.05) is 37.4 Å². The molecule has 1 aromatic heterocycles. The van der Waals surface area contributed by atoms with Crippen molar-refractivity contribution in [2.24, 2.45) is 5.41 Å². The minimum atomic E-state index is -0.549. The Kier molecular flexibility index (Phi) is 8.96. The van der Waals surface area contributed by atoms with Crippen LogP contribution in [0.2, 0.25) is 5.02 Å². The molecule has 1 fully saturated rings. The highest BCUT2D eigenvalue weighted by atomic mass is 35.5. The molecule has 0 saturated carbocycles. The van der Waals surface area contributed by atoms with E-state index in [-0.39, 0.29) is 27.5 Å². The Bertz CT molecular complexity index is 1380. The number of halogens is 1. The van der Waals surface area contributed by atoms with E-state index in [0.717, 1.165) is 6.42 Å². The molecular formula is C29H31ClN6O3. The molecule has 202 valence electrons. The third-order valence-corrected chi connectivity index (χ3v) is 6.87. The molecule has 2 heterocycles. The maximum absolute atomic E-state index is 13.4. The number of hydrogen-bond acceptors (Lipinski definition) is 7. The summed E-state index contributed by atoms with van der Waals surface area (Å²) in [6.07, 6.45) is 2.15.